The molecule has 0 spiro atoms. The maximum absolute atomic E-state index is 11.7. The molecule has 0 saturated heterocycles. The van der Waals surface area contributed by atoms with E-state index in [-0.39, 0.29) is 24.8 Å². The fourth-order valence-corrected chi connectivity index (χ4v) is 1.77. The zero-order valence-corrected chi connectivity index (χ0v) is 13.4. The number of benzene rings is 1. The largest absolute Gasteiger partial charge is 0.353 e. The Hall–Kier alpha value is -1.40. The summed E-state index contributed by atoms with van der Waals surface area (Å²) in [6.45, 7) is 1.37. The molecular weight excluding hydrogens is 322 g/mol. The molecule has 0 saturated carbocycles. The smallest absolute Gasteiger partial charge is 0.239 e. The van der Waals surface area contributed by atoms with Gasteiger partial charge in [0.15, 0.2) is 0 Å². The third kappa shape index (κ3) is 7.25. The van der Waals surface area contributed by atoms with E-state index in [2.05, 4.69) is 26.6 Å². The van der Waals surface area contributed by atoms with E-state index in [0.29, 0.717) is 6.54 Å². The van der Waals surface area contributed by atoms with Crippen molar-refractivity contribution in [1.29, 1.82) is 0 Å². The zero-order valence-electron chi connectivity index (χ0n) is 11.8. The van der Waals surface area contributed by atoms with Crippen molar-refractivity contribution >= 4 is 27.7 Å². The highest BCUT2D eigenvalue weighted by molar-refractivity contribution is 9.10. The lowest BCUT2D eigenvalue weighted by Gasteiger charge is -2.10. The number of likely N-dealkylation sites (N-methyl/N-ethyl adjacent to an activating group) is 1. The van der Waals surface area contributed by atoms with Crippen LogP contribution in [0.5, 0.6) is 0 Å². The highest BCUT2D eigenvalue weighted by atomic mass is 79.9. The summed E-state index contributed by atoms with van der Waals surface area (Å²) in [5.41, 5.74) is 0.915. The predicted octanol–water partition coefficient (Wildman–Crippen LogP) is 0.786. The van der Waals surface area contributed by atoms with E-state index in [1.165, 1.54) is 0 Å². The van der Waals surface area contributed by atoms with Gasteiger partial charge in [-0.3, -0.25) is 9.59 Å². The molecule has 110 valence electrons. The lowest BCUT2D eigenvalue weighted by Crippen LogP contribution is -2.39. The standard InChI is InChI=1S/C14H20BrN3O2/c1-18(2)8-7-16-14(20)10-17-13(19)9-11-3-5-12(15)6-4-11/h3-6H,7-10H2,1-2H3,(H,16,20)(H,17,19). The van der Waals surface area contributed by atoms with Crippen LogP contribution in [0, 0.1) is 0 Å². The summed E-state index contributed by atoms with van der Waals surface area (Å²) in [6.07, 6.45) is 0.276. The molecule has 6 heteroatoms. The summed E-state index contributed by atoms with van der Waals surface area (Å²) >= 11 is 3.34. The van der Waals surface area contributed by atoms with Gasteiger partial charge in [-0.15, -0.1) is 0 Å². The van der Waals surface area contributed by atoms with Gasteiger partial charge in [-0.1, -0.05) is 28.1 Å². The molecule has 0 atom stereocenters. The van der Waals surface area contributed by atoms with Crippen molar-refractivity contribution in [2.45, 2.75) is 6.42 Å². The van der Waals surface area contributed by atoms with Crippen LogP contribution in [0.1, 0.15) is 5.56 Å². The molecule has 20 heavy (non-hydrogen) atoms. The van der Waals surface area contributed by atoms with Crippen molar-refractivity contribution in [2.75, 3.05) is 33.7 Å². The molecule has 0 bridgehead atoms. The summed E-state index contributed by atoms with van der Waals surface area (Å²) in [6, 6.07) is 7.52. The van der Waals surface area contributed by atoms with E-state index in [9.17, 15) is 9.59 Å². The van der Waals surface area contributed by atoms with Gasteiger partial charge in [0.1, 0.15) is 0 Å². The molecule has 0 aromatic heterocycles. The van der Waals surface area contributed by atoms with Crippen LogP contribution in [-0.4, -0.2) is 50.4 Å². The molecule has 2 amide bonds. The molecular formula is C14H20BrN3O2. The van der Waals surface area contributed by atoms with E-state index in [1.807, 2.05) is 43.3 Å². The second kappa shape index (κ2) is 8.71. The van der Waals surface area contributed by atoms with E-state index >= 15 is 0 Å². The maximum Gasteiger partial charge on any atom is 0.239 e. The van der Waals surface area contributed by atoms with Gasteiger partial charge in [-0.05, 0) is 31.8 Å². The topological polar surface area (TPSA) is 61.4 Å². The van der Waals surface area contributed by atoms with Crippen LogP contribution in [0.3, 0.4) is 0 Å². The minimum Gasteiger partial charge on any atom is -0.353 e. The fourth-order valence-electron chi connectivity index (χ4n) is 1.51. The van der Waals surface area contributed by atoms with E-state index in [4.69, 9.17) is 0 Å². The highest BCUT2D eigenvalue weighted by Gasteiger charge is 2.06. The molecule has 2 N–H and O–H groups in total. The minimum absolute atomic E-state index is 0.0167. The average molecular weight is 342 g/mol. The predicted molar refractivity (Wildman–Crippen MR) is 82.4 cm³/mol. The van der Waals surface area contributed by atoms with Gasteiger partial charge in [0.2, 0.25) is 11.8 Å². The first-order valence-corrected chi connectivity index (χ1v) is 7.19. The molecule has 0 aliphatic carbocycles. The van der Waals surface area contributed by atoms with Crippen molar-refractivity contribution in [1.82, 2.24) is 15.5 Å². The first-order chi connectivity index (χ1) is 9.47. The number of carbonyl (C=O) groups is 2. The van der Waals surface area contributed by atoms with Crippen molar-refractivity contribution in [3.05, 3.63) is 34.3 Å². The summed E-state index contributed by atoms with van der Waals surface area (Å²) in [4.78, 5) is 25.1. The number of amides is 2. The first kappa shape index (κ1) is 16.7. The molecule has 0 fully saturated rings. The monoisotopic (exact) mass is 341 g/mol. The number of hydrogen-bond donors (Lipinski definition) is 2. The maximum atomic E-state index is 11.7. The highest BCUT2D eigenvalue weighted by Crippen LogP contribution is 2.10. The minimum atomic E-state index is -0.170. The van der Waals surface area contributed by atoms with Gasteiger partial charge >= 0.3 is 0 Å². The van der Waals surface area contributed by atoms with E-state index in [1.54, 1.807) is 0 Å². The lowest BCUT2D eigenvalue weighted by molar-refractivity contribution is -0.125. The van der Waals surface area contributed by atoms with Crippen LogP contribution in [0.2, 0.25) is 0 Å². The van der Waals surface area contributed by atoms with Crippen LogP contribution in [0.4, 0.5) is 0 Å². The number of rotatable bonds is 7. The molecule has 0 heterocycles. The Morgan fingerprint density at radius 1 is 1.10 bits per heavy atom. The van der Waals surface area contributed by atoms with Crippen molar-refractivity contribution < 1.29 is 9.59 Å². The quantitative estimate of drug-likeness (QED) is 0.770. The van der Waals surface area contributed by atoms with Crippen LogP contribution in [0.25, 0.3) is 0 Å². The molecule has 0 aliphatic rings. The van der Waals surface area contributed by atoms with Crippen molar-refractivity contribution in [3.63, 3.8) is 0 Å². The second-order valence-electron chi connectivity index (χ2n) is 4.73. The number of halogens is 1. The third-order valence-electron chi connectivity index (χ3n) is 2.61. The molecule has 0 radical (unpaired) electrons. The summed E-state index contributed by atoms with van der Waals surface area (Å²) in [5.74, 6) is -0.328. The SMILES string of the molecule is CN(C)CCNC(=O)CNC(=O)Cc1ccc(Br)cc1. The Morgan fingerprint density at radius 2 is 1.75 bits per heavy atom. The summed E-state index contributed by atoms with van der Waals surface area (Å²) in [5, 5.41) is 5.35. The zero-order chi connectivity index (χ0) is 15.0. The third-order valence-corrected chi connectivity index (χ3v) is 3.13. The van der Waals surface area contributed by atoms with Crippen LogP contribution >= 0.6 is 15.9 Å². The summed E-state index contributed by atoms with van der Waals surface area (Å²) in [7, 11) is 3.87. The van der Waals surface area contributed by atoms with E-state index < -0.39 is 0 Å². The fraction of sp³-hybridized carbons (Fsp3) is 0.429. The number of hydrogen-bond acceptors (Lipinski definition) is 3. The van der Waals surface area contributed by atoms with Crippen LogP contribution in [0.15, 0.2) is 28.7 Å². The Morgan fingerprint density at radius 3 is 2.35 bits per heavy atom. The number of carbonyl (C=O) groups excluding carboxylic acids is 2. The van der Waals surface area contributed by atoms with Crippen LogP contribution in [-0.2, 0) is 16.0 Å². The molecule has 1 rings (SSSR count). The van der Waals surface area contributed by atoms with Gasteiger partial charge in [0, 0.05) is 17.6 Å². The molecule has 5 nitrogen and oxygen atoms in total. The normalized spacial score (nSPS) is 10.4. The van der Waals surface area contributed by atoms with Gasteiger partial charge in [0.25, 0.3) is 0 Å². The van der Waals surface area contributed by atoms with Gasteiger partial charge in [-0.25, -0.2) is 0 Å². The number of nitrogens with one attached hydrogen (secondary N) is 2. The first-order valence-electron chi connectivity index (χ1n) is 6.40. The molecule has 1 aromatic rings. The van der Waals surface area contributed by atoms with Crippen molar-refractivity contribution in [2.24, 2.45) is 0 Å². The Labute approximate surface area is 127 Å². The molecule has 0 unspecified atom stereocenters. The van der Waals surface area contributed by atoms with Gasteiger partial charge in [-0.2, -0.15) is 0 Å². The summed E-state index contributed by atoms with van der Waals surface area (Å²) < 4.78 is 0.974. The van der Waals surface area contributed by atoms with Gasteiger partial charge < -0.3 is 15.5 Å². The van der Waals surface area contributed by atoms with Crippen molar-refractivity contribution in [3.8, 4) is 0 Å². The Kier molecular flexibility index (Phi) is 7.25. The lowest BCUT2D eigenvalue weighted by atomic mass is 10.1. The molecule has 0 aliphatic heterocycles. The Bertz CT molecular complexity index is 446. The Balaban J connectivity index is 2.22. The second-order valence-corrected chi connectivity index (χ2v) is 5.65. The molecule has 1 aromatic carbocycles. The van der Waals surface area contributed by atoms with Crippen LogP contribution < -0.4 is 10.6 Å². The van der Waals surface area contributed by atoms with Gasteiger partial charge in [0.05, 0.1) is 13.0 Å². The van der Waals surface area contributed by atoms with E-state index in [0.717, 1.165) is 16.6 Å². The number of nitrogens with zero attached hydrogens (tertiary/aromatic N) is 1. The average Bonchev–Trinajstić information content (AvgIpc) is 2.39.